The van der Waals surface area contributed by atoms with Gasteiger partial charge in [-0.3, -0.25) is 9.59 Å². The first-order chi connectivity index (χ1) is 13.2. The minimum absolute atomic E-state index is 0.127. The Morgan fingerprint density at radius 3 is 2.63 bits per heavy atom. The van der Waals surface area contributed by atoms with Gasteiger partial charge in [-0.1, -0.05) is 48.5 Å². The lowest BCUT2D eigenvalue weighted by atomic mass is 9.89. The van der Waals surface area contributed by atoms with E-state index in [4.69, 9.17) is 0 Å². The van der Waals surface area contributed by atoms with Crippen LogP contribution in [0, 0.1) is 0 Å². The molecule has 1 aliphatic heterocycles. The number of nitrogens with one attached hydrogen (secondary N) is 2. The molecule has 0 spiro atoms. The second kappa shape index (κ2) is 6.09. The maximum Gasteiger partial charge on any atom is 0.232 e. The Kier molecular flexibility index (Phi) is 3.57. The number of para-hydroxylation sites is 1. The van der Waals surface area contributed by atoms with Gasteiger partial charge in [-0.25, -0.2) is 0 Å². The van der Waals surface area contributed by atoms with Crippen molar-refractivity contribution < 1.29 is 9.59 Å². The maximum absolute atomic E-state index is 12.9. The minimum Gasteiger partial charge on any atom is -0.326 e. The molecule has 5 rings (SSSR count). The summed E-state index contributed by atoms with van der Waals surface area (Å²) in [7, 11) is 0. The van der Waals surface area contributed by atoms with Gasteiger partial charge in [-0.15, -0.1) is 0 Å². The van der Waals surface area contributed by atoms with Gasteiger partial charge >= 0.3 is 0 Å². The van der Waals surface area contributed by atoms with Crippen LogP contribution in [0.1, 0.15) is 29.0 Å². The van der Waals surface area contributed by atoms with Crippen LogP contribution in [0.4, 0.5) is 11.4 Å². The Bertz CT molecular complexity index is 1090. The van der Waals surface area contributed by atoms with Gasteiger partial charge in [0, 0.05) is 17.8 Å². The second-order valence-electron chi connectivity index (χ2n) is 7.09. The average Bonchev–Trinajstić information content (AvgIpc) is 3.05. The van der Waals surface area contributed by atoms with Crippen LogP contribution in [0.3, 0.4) is 0 Å². The van der Waals surface area contributed by atoms with Gasteiger partial charge in [0.1, 0.15) is 0 Å². The van der Waals surface area contributed by atoms with Gasteiger partial charge in [0.25, 0.3) is 0 Å². The van der Waals surface area contributed by atoms with E-state index in [0.29, 0.717) is 0 Å². The molecule has 3 aromatic rings. The van der Waals surface area contributed by atoms with Gasteiger partial charge in [-0.05, 0) is 52.4 Å². The van der Waals surface area contributed by atoms with Gasteiger partial charge in [0.05, 0.1) is 5.92 Å². The van der Waals surface area contributed by atoms with E-state index in [0.717, 1.165) is 23.4 Å². The van der Waals surface area contributed by atoms with Gasteiger partial charge < -0.3 is 10.6 Å². The molecule has 0 saturated heterocycles. The number of amides is 2. The average molecular weight is 354 g/mol. The smallest absolute Gasteiger partial charge is 0.232 e. The van der Waals surface area contributed by atoms with Crippen molar-refractivity contribution in [2.24, 2.45) is 0 Å². The third-order valence-corrected chi connectivity index (χ3v) is 5.38. The van der Waals surface area contributed by atoms with Crippen LogP contribution >= 0.6 is 0 Å². The summed E-state index contributed by atoms with van der Waals surface area (Å²) in [6.07, 6.45) is 1.04. The Hall–Kier alpha value is -3.40. The summed E-state index contributed by atoms with van der Waals surface area (Å²) in [5, 5.41) is 5.84. The molecule has 4 nitrogen and oxygen atoms in total. The molecular formula is C23H18N2O2. The van der Waals surface area contributed by atoms with E-state index < -0.39 is 5.92 Å². The molecule has 0 aromatic heterocycles. The number of hydrogen-bond acceptors (Lipinski definition) is 2. The molecular weight excluding hydrogens is 336 g/mol. The molecule has 2 aliphatic rings. The Balaban J connectivity index is 1.41. The molecule has 1 unspecified atom stereocenters. The molecule has 1 atom stereocenters. The van der Waals surface area contributed by atoms with Crippen LogP contribution < -0.4 is 10.6 Å². The van der Waals surface area contributed by atoms with Crippen LogP contribution in [-0.4, -0.2) is 11.8 Å². The first-order valence-electron chi connectivity index (χ1n) is 9.10. The maximum atomic E-state index is 12.9. The quantitative estimate of drug-likeness (QED) is 0.563. The second-order valence-corrected chi connectivity index (χ2v) is 7.09. The number of hydrogen-bond donors (Lipinski definition) is 2. The van der Waals surface area contributed by atoms with E-state index in [1.807, 2.05) is 36.4 Å². The molecule has 0 radical (unpaired) electrons. The summed E-state index contributed by atoms with van der Waals surface area (Å²) in [5.41, 5.74) is 7.38. The van der Waals surface area contributed by atoms with Crippen molar-refractivity contribution in [3.63, 3.8) is 0 Å². The third kappa shape index (κ3) is 2.70. The zero-order valence-electron chi connectivity index (χ0n) is 14.7. The van der Waals surface area contributed by atoms with Crippen LogP contribution in [-0.2, 0) is 16.0 Å². The molecule has 2 N–H and O–H groups in total. The van der Waals surface area contributed by atoms with Gasteiger partial charge in [0.2, 0.25) is 11.8 Å². The predicted octanol–water partition coefficient (Wildman–Crippen LogP) is 4.32. The van der Waals surface area contributed by atoms with Crippen molar-refractivity contribution >= 4 is 23.2 Å². The fraction of sp³-hybridized carbons (Fsp3) is 0.130. The van der Waals surface area contributed by atoms with Gasteiger partial charge in [0.15, 0.2) is 0 Å². The summed E-state index contributed by atoms with van der Waals surface area (Å²) in [6, 6.07) is 21.9. The number of benzene rings is 3. The zero-order valence-corrected chi connectivity index (χ0v) is 14.7. The van der Waals surface area contributed by atoms with E-state index in [-0.39, 0.29) is 18.2 Å². The highest BCUT2D eigenvalue weighted by atomic mass is 16.2. The highest BCUT2D eigenvalue weighted by Crippen LogP contribution is 2.38. The molecule has 0 fully saturated rings. The van der Waals surface area contributed by atoms with Crippen molar-refractivity contribution in [1.82, 2.24) is 0 Å². The number of fused-ring (bicyclic) bond motifs is 4. The molecule has 27 heavy (non-hydrogen) atoms. The molecule has 132 valence electrons. The topological polar surface area (TPSA) is 58.2 Å². The molecule has 1 heterocycles. The number of carbonyl (C=O) groups excluding carboxylic acids is 2. The summed E-state index contributed by atoms with van der Waals surface area (Å²) < 4.78 is 0. The zero-order chi connectivity index (χ0) is 18.4. The van der Waals surface area contributed by atoms with E-state index in [2.05, 4.69) is 41.0 Å². The lowest BCUT2D eigenvalue weighted by molar-refractivity contribution is -0.123. The van der Waals surface area contributed by atoms with Crippen molar-refractivity contribution in [3.8, 4) is 11.1 Å². The van der Waals surface area contributed by atoms with Crippen molar-refractivity contribution in [2.75, 3.05) is 10.6 Å². The van der Waals surface area contributed by atoms with Crippen LogP contribution in [0.25, 0.3) is 11.1 Å². The van der Waals surface area contributed by atoms with E-state index in [9.17, 15) is 9.59 Å². The highest BCUT2D eigenvalue weighted by molar-refractivity contribution is 6.05. The van der Waals surface area contributed by atoms with Crippen molar-refractivity contribution in [2.45, 2.75) is 18.8 Å². The number of carbonyl (C=O) groups is 2. The Morgan fingerprint density at radius 2 is 1.70 bits per heavy atom. The highest BCUT2D eigenvalue weighted by Gasteiger charge is 2.30. The van der Waals surface area contributed by atoms with Crippen molar-refractivity contribution in [3.05, 3.63) is 83.4 Å². The lowest BCUT2D eigenvalue weighted by Gasteiger charge is -2.24. The van der Waals surface area contributed by atoms with Gasteiger partial charge in [-0.2, -0.15) is 0 Å². The fourth-order valence-corrected chi connectivity index (χ4v) is 4.10. The molecule has 2 amide bonds. The summed E-state index contributed by atoms with van der Waals surface area (Å²) in [4.78, 5) is 24.9. The Morgan fingerprint density at radius 1 is 0.926 bits per heavy atom. The predicted molar refractivity (Wildman–Crippen MR) is 106 cm³/mol. The van der Waals surface area contributed by atoms with Crippen LogP contribution in [0.15, 0.2) is 66.7 Å². The fourth-order valence-electron chi connectivity index (χ4n) is 4.10. The number of rotatable bonds is 2. The normalized spacial score (nSPS) is 16.7. The molecule has 0 saturated carbocycles. The largest absolute Gasteiger partial charge is 0.326 e. The summed E-state index contributed by atoms with van der Waals surface area (Å²) >= 11 is 0. The SMILES string of the molecule is O=C1CC(C(=O)Nc2ccc3c(c2)Cc2ccccc2-3)c2ccccc2N1. The first kappa shape index (κ1) is 15.8. The van der Waals surface area contributed by atoms with E-state index in [1.54, 1.807) is 0 Å². The van der Waals surface area contributed by atoms with E-state index >= 15 is 0 Å². The molecule has 0 bridgehead atoms. The molecule has 3 aromatic carbocycles. The van der Waals surface area contributed by atoms with Crippen molar-refractivity contribution in [1.29, 1.82) is 0 Å². The minimum atomic E-state index is -0.472. The van der Waals surface area contributed by atoms with E-state index in [1.165, 1.54) is 22.3 Å². The standard InChI is InChI=1S/C23H18N2O2/c26-22-13-20(19-7-3-4-8-21(19)25-22)23(27)24-16-9-10-18-15(12-16)11-14-5-1-2-6-17(14)18/h1-10,12,20H,11,13H2,(H,24,27)(H,25,26). The monoisotopic (exact) mass is 354 g/mol. The van der Waals surface area contributed by atoms with Crippen LogP contribution in [0.5, 0.6) is 0 Å². The summed E-state index contributed by atoms with van der Waals surface area (Å²) in [5.74, 6) is -0.744. The lowest BCUT2D eigenvalue weighted by Crippen LogP contribution is -2.30. The summed E-state index contributed by atoms with van der Waals surface area (Å²) in [6.45, 7) is 0. The third-order valence-electron chi connectivity index (χ3n) is 5.38. The molecule has 1 aliphatic carbocycles. The first-order valence-corrected chi connectivity index (χ1v) is 9.10. The van der Waals surface area contributed by atoms with Crippen LogP contribution in [0.2, 0.25) is 0 Å². The Labute approximate surface area is 157 Å². The molecule has 4 heteroatoms. The number of anilines is 2.